The molecule has 0 amide bonds. The standard InChI is InChI=1S/C30H35N3O6S/c1-7-38-29(35)26-18(3)31-30-33(27(26)23-15-21(36-5)10-11-24(23)37-6)28(34)25(40-30)14-20-13-17(2)32(19(20)4)16-22-9-8-12-39-22/h10-11,13-15,22,27H,7-9,12,16H2,1-6H3/b25-14-/t22-,27-/m1/s1. The normalized spacial score (nSPS) is 19.0. The van der Waals surface area contributed by atoms with Crippen LogP contribution in [0.3, 0.4) is 0 Å². The minimum absolute atomic E-state index is 0.198. The van der Waals surface area contributed by atoms with E-state index < -0.39 is 12.0 Å². The average Bonchev–Trinajstić information content (AvgIpc) is 3.63. The first kappa shape index (κ1) is 27.9. The van der Waals surface area contributed by atoms with E-state index in [0.29, 0.717) is 37.7 Å². The largest absolute Gasteiger partial charge is 0.497 e. The Kier molecular flexibility index (Phi) is 8.00. The molecule has 212 valence electrons. The molecule has 0 unspecified atom stereocenters. The van der Waals surface area contributed by atoms with E-state index in [1.807, 2.05) is 6.08 Å². The molecule has 3 aromatic rings. The molecule has 0 N–H and O–H groups in total. The Morgan fingerprint density at radius 2 is 2.00 bits per heavy atom. The Morgan fingerprint density at radius 3 is 2.67 bits per heavy atom. The molecule has 1 aromatic carbocycles. The molecule has 0 spiro atoms. The Bertz CT molecular complexity index is 1660. The van der Waals surface area contributed by atoms with E-state index in [1.54, 1.807) is 50.8 Å². The lowest BCUT2D eigenvalue weighted by Crippen LogP contribution is -2.40. The number of carbonyl (C=O) groups is 1. The van der Waals surface area contributed by atoms with Crippen molar-refractivity contribution in [3.8, 4) is 11.5 Å². The minimum Gasteiger partial charge on any atom is -0.497 e. The summed E-state index contributed by atoms with van der Waals surface area (Å²) in [7, 11) is 3.13. The van der Waals surface area contributed by atoms with Crippen LogP contribution in [-0.2, 0) is 20.8 Å². The number of benzene rings is 1. The average molecular weight is 566 g/mol. The maximum absolute atomic E-state index is 14.1. The van der Waals surface area contributed by atoms with Gasteiger partial charge < -0.3 is 23.5 Å². The lowest BCUT2D eigenvalue weighted by Gasteiger charge is -2.26. The van der Waals surface area contributed by atoms with Crippen molar-refractivity contribution in [1.29, 1.82) is 0 Å². The van der Waals surface area contributed by atoms with Crippen LogP contribution in [0.1, 0.15) is 55.2 Å². The number of esters is 1. The van der Waals surface area contributed by atoms with Gasteiger partial charge in [0.15, 0.2) is 4.80 Å². The van der Waals surface area contributed by atoms with Crippen LogP contribution in [0, 0.1) is 13.8 Å². The van der Waals surface area contributed by atoms with E-state index in [0.717, 1.165) is 42.9 Å². The Labute approximate surface area is 237 Å². The molecule has 9 nitrogen and oxygen atoms in total. The van der Waals surface area contributed by atoms with Crippen LogP contribution in [-0.4, -0.2) is 48.6 Å². The number of nitrogens with zero attached hydrogens (tertiary/aromatic N) is 3. The monoisotopic (exact) mass is 565 g/mol. The van der Waals surface area contributed by atoms with Crippen LogP contribution >= 0.6 is 11.3 Å². The van der Waals surface area contributed by atoms with Gasteiger partial charge in [0.25, 0.3) is 5.56 Å². The van der Waals surface area contributed by atoms with Gasteiger partial charge in [-0.15, -0.1) is 0 Å². The molecule has 40 heavy (non-hydrogen) atoms. The van der Waals surface area contributed by atoms with E-state index in [-0.39, 0.29) is 18.3 Å². The van der Waals surface area contributed by atoms with E-state index in [2.05, 4.69) is 29.5 Å². The van der Waals surface area contributed by atoms with Gasteiger partial charge in [-0.05, 0) is 76.4 Å². The maximum Gasteiger partial charge on any atom is 0.338 e. The van der Waals surface area contributed by atoms with Gasteiger partial charge >= 0.3 is 5.97 Å². The maximum atomic E-state index is 14.1. The predicted octanol–water partition coefficient (Wildman–Crippen LogP) is 3.41. The Balaban J connectivity index is 1.68. The lowest BCUT2D eigenvalue weighted by molar-refractivity contribution is -0.139. The number of methoxy groups -OCH3 is 2. The molecular weight excluding hydrogens is 530 g/mol. The minimum atomic E-state index is -0.797. The quantitative estimate of drug-likeness (QED) is 0.389. The van der Waals surface area contributed by atoms with Gasteiger partial charge in [-0.3, -0.25) is 9.36 Å². The zero-order valence-corrected chi connectivity index (χ0v) is 24.6. The number of hydrogen-bond acceptors (Lipinski definition) is 8. The highest BCUT2D eigenvalue weighted by molar-refractivity contribution is 7.07. The zero-order valence-electron chi connectivity index (χ0n) is 23.8. The number of aromatic nitrogens is 2. The second-order valence-electron chi connectivity index (χ2n) is 9.98. The van der Waals surface area contributed by atoms with Crippen molar-refractivity contribution < 1.29 is 23.7 Å². The van der Waals surface area contributed by atoms with Crippen molar-refractivity contribution in [1.82, 2.24) is 9.13 Å². The van der Waals surface area contributed by atoms with Gasteiger partial charge in [-0.2, -0.15) is 0 Å². The molecule has 1 saturated heterocycles. The van der Waals surface area contributed by atoms with Gasteiger partial charge in [0, 0.05) is 30.1 Å². The van der Waals surface area contributed by atoms with E-state index in [9.17, 15) is 9.59 Å². The van der Waals surface area contributed by atoms with E-state index in [4.69, 9.17) is 18.9 Å². The third kappa shape index (κ3) is 5.01. The molecule has 5 rings (SSSR count). The van der Waals surface area contributed by atoms with Crippen molar-refractivity contribution in [2.24, 2.45) is 4.99 Å². The fourth-order valence-corrected chi connectivity index (χ4v) is 6.56. The fourth-order valence-electron chi connectivity index (χ4n) is 5.53. The number of hydrogen-bond donors (Lipinski definition) is 0. The molecule has 2 aliphatic rings. The van der Waals surface area contributed by atoms with Crippen LogP contribution in [0.4, 0.5) is 0 Å². The highest BCUT2D eigenvalue weighted by Crippen LogP contribution is 2.37. The number of rotatable bonds is 8. The lowest BCUT2D eigenvalue weighted by atomic mass is 9.94. The molecule has 0 bridgehead atoms. The summed E-state index contributed by atoms with van der Waals surface area (Å²) in [5, 5.41) is 0. The summed E-state index contributed by atoms with van der Waals surface area (Å²) in [6, 6.07) is 6.64. The molecule has 0 saturated carbocycles. The summed E-state index contributed by atoms with van der Waals surface area (Å²) in [6.07, 6.45) is 4.28. The molecule has 0 aliphatic carbocycles. The third-order valence-corrected chi connectivity index (χ3v) is 8.54. The van der Waals surface area contributed by atoms with Crippen molar-refractivity contribution in [2.45, 2.75) is 59.2 Å². The third-order valence-electron chi connectivity index (χ3n) is 7.56. The van der Waals surface area contributed by atoms with Crippen molar-refractivity contribution in [3.05, 3.63) is 77.7 Å². The van der Waals surface area contributed by atoms with E-state index in [1.165, 1.54) is 11.3 Å². The smallest absolute Gasteiger partial charge is 0.338 e. The highest BCUT2D eigenvalue weighted by Gasteiger charge is 2.35. The summed E-state index contributed by atoms with van der Waals surface area (Å²) in [5.74, 6) is 0.578. The summed E-state index contributed by atoms with van der Waals surface area (Å²) in [4.78, 5) is 32.5. The highest BCUT2D eigenvalue weighted by atomic mass is 32.1. The first-order valence-electron chi connectivity index (χ1n) is 13.5. The number of aryl methyl sites for hydroxylation is 1. The molecule has 2 atom stereocenters. The van der Waals surface area contributed by atoms with Crippen LogP contribution < -0.4 is 24.4 Å². The zero-order chi connectivity index (χ0) is 28.6. The summed E-state index contributed by atoms with van der Waals surface area (Å²) in [6.45, 7) is 9.46. The molecule has 2 aromatic heterocycles. The van der Waals surface area contributed by atoms with Gasteiger partial charge in [0.05, 0.1) is 42.7 Å². The van der Waals surface area contributed by atoms with Gasteiger partial charge in [-0.1, -0.05) is 11.3 Å². The van der Waals surface area contributed by atoms with Crippen molar-refractivity contribution >= 4 is 23.4 Å². The second kappa shape index (κ2) is 11.5. The van der Waals surface area contributed by atoms with Crippen LogP contribution in [0.2, 0.25) is 0 Å². The fraction of sp³-hybridized carbons (Fsp3) is 0.433. The molecular formula is C30H35N3O6S. The predicted molar refractivity (Wildman–Crippen MR) is 153 cm³/mol. The number of thiazole rings is 1. The van der Waals surface area contributed by atoms with Crippen LogP contribution in [0.15, 0.2) is 45.3 Å². The Morgan fingerprint density at radius 1 is 1.20 bits per heavy atom. The molecule has 1 fully saturated rings. The molecule has 10 heteroatoms. The molecule has 4 heterocycles. The number of ether oxygens (including phenoxy) is 4. The van der Waals surface area contributed by atoms with Crippen molar-refractivity contribution in [3.63, 3.8) is 0 Å². The Hall–Kier alpha value is -3.63. The van der Waals surface area contributed by atoms with E-state index >= 15 is 0 Å². The van der Waals surface area contributed by atoms with Crippen LogP contribution in [0.25, 0.3) is 6.08 Å². The molecule has 2 aliphatic heterocycles. The SMILES string of the molecule is CCOC(=O)C1=C(C)N=c2s/c(=C\c3cc(C)n(C[C@H]4CCCO4)c3C)c(=O)n2[C@@H]1c1cc(OC)ccc1OC. The number of fused-ring (bicyclic) bond motifs is 1. The first-order valence-corrected chi connectivity index (χ1v) is 14.3. The number of allylic oxidation sites excluding steroid dienone is 1. The van der Waals surface area contributed by atoms with Crippen molar-refractivity contribution in [2.75, 3.05) is 27.4 Å². The summed E-state index contributed by atoms with van der Waals surface area (Å²) in [5.41, 5.74) is 4.33. The summed E-state index contributed by atoms with van der Waals surface area (Å²) >= 11 is 1.30. The number of carbonyl (C=O) groups excluding carboxylic acids is 1. The second-order valence-corrected chi connectivity index (χ2v) is 11.0. The van der Waals surface area contributed by atoms with Gasteiger partial charge in [-0.25, -0.2) is 9.79 Å². The van der Waals surface area contributed by atoms with Gasteiger partial charge in [0.2, 0.25) is 0 Å². The van der Waals surface area contributed by atoms with Crippen LogP contribution in [0.5, 0.6) is 11.5 Å². The topological polar surface area (TPSA) is 93.3 Å². The first-order chi connectivity index (χ1) is 19.3. The molecule has 0 radical (unpaired) electrons. The van der Waals surface area contributed by atoms with Gasteiger partial charge in [0.1, 0.15) is 17.5 Å². The summed E-state index contributed by atoms with van der Waals surface area (Å²) < 4.78 is 26.8.